The molecular formula is C25H29N5O5S. The molecule has 2 atom stereocenters. The fourth-order valence-electron chi connectivity index (χ4n) is 4.30. The van der Waals surface area contributed by atoms with Crippen molar-refractivity contribution in [3.63, 3.8) is 0 Å². The van der Waals surface area contributed by atoms with Gasteiger partial charge in [-0.1, -0.05) is 43.4 Å². The Hall–Kier alpha value is -3.57. The average Bonchev–Trinajstić information content (AvgIpc) is 3.49. The van der Waals surface area contributed by atoms with Gasteiger partial charge in [-0.05, 0) is 25.8 Å². The van der Waals surface area contributed by atoms with E-state index in [2.05, 4.69) is 10.2 Å². The monoisotopic (exact) mass is 511 g/mol. The van der Waals surface area contributed by atoms with Gasteiger partial charge >= 0.3 is 5.69 Å². The van der Waals surface area contributed by atoms with E-state index < -0.39 is 23.4 Å². The number of ketones is 1. The first kappa shape index (κ1) is 25.5. The van der Waals surface area contributed by atoms with Gasteiger partial charge in [0.2, 0.25) is 0 Å². The van der Waals surface area contributed by atoms with Gasteiger partial charge in [-0.2, -0.15) is 10.2 Å². The zero-order chi connectivity index (χ0) is 26.1. The van der Waals surface area contributed by atoms with Crippen molar-refractivity contribution >= 4 is 27.3 Å². The lowest BCUT2D eigenvalue weighted by molar-refractivity contribution is -0.122. The first-order valence-corrected chi connectivity index (χ1v) is 12.5. The second-order valence-corrected chi connectivity index (χ2v) is 10.1. The fourth-order valence-corrected chi connectivity index (χ4v) is 5.52. The summed E-state index contributed by atoms with van der Waals surface area (Å²) in [6.45, 7) is 7.00. The number of aryl methyl sites for hydroxylation is 1. The van der Waals surface area contributed by atoms with Crippen LogP contribution in [0.1, 0.15) is 50.5 Å². The van der Waals surface area contributed by atoms with E-state index in [1.54, 1.807) is 38.1 Å². The van der Waals surface area contributed by atoms with E-state index in [0.29, 0.717) is 32.1 Å². The topological polar surface area (TPSA) is 121 Å². The van der Waals surface area contributed by atoms with Crippen molar-refractivity contribution in [3.8, 4) is 10.8 Å². The summed E-state index contributed by atoms with van der Waals surface area (Å²) in [6.07, 6.45) is 2.17. The summed E-state index contributed by atoms with van der Waals surface area (Å²) < 4.78 is 7.74. The molecule has 0 bridgehead atoms. The number of aliphatic hydroxyl groups is 1. The van der Waals surface area contributed by atoms with E-state index in [1.165, 1.54) is 40.2 Å². The normalized spacial score (nSPS) is 13.3. The lowest BCUT2D eigenvalue weighted by Gasteiger charge is -2.20. The number of carbonyl (C=O) groups is 1. The molecule has 190 valence electrons. The van der Waals surface area contributed by atoms with E-state index in [4.69, 9.17) is 4.74 Å². The lowest BCUT2D eigenvalue weighted by Crippen LogP contribution is -2.44. The molecule has 0 amide bonds. The van der Waals surface area contributed by atoms with Crippen LogP contribution in [0.25, 0.3) is 15.2 Å². The molecule has 1 aromatic carbocycles. The molecule has 11 heteroatoms. The highest BCUT2D eigenvalue weighted by Gasteiger charge is 2.28. The maximum Gasteiger partial charge on any atom is 0.332 e. The molecule has 0 spiro atoms. The van der Waals surface area contributed by atoms with Crippen LogP contribution in [0.2, 0.25) is 0 Å². The van der Waals surface area contributed by atoms with Crippen LogP contribution in [-0.2, 0) is 11.3 Å². The third-order valence-corrected chi connectivity index (χ3v) is 7.42. The highest BCUT2D eigenvalue weighted by Crippen LogP contribution is 2.32. The molecular weight excluding hydrogens is 482 g/mol. The number of aromatic nitrogens is 5. The van der Waals surface area contributed by atoms with Crippen LogP contribution < -0.4 is 16.0 Å². The van der Waals surface area contributed by atoms with Crippen LogP contribution >= 0.6 is 11.3 Å². The van der Waals surface area contributed by atoms with E-state index in [0.717, 1.165) is 4.57 Å². The summed E-state index contributed by atoms with van der Waals surface area (Å²) in [7, 11) is 1.50. The predicted octanol–water partition coefficient (Wildman–Crippen LogP) is 3.03. The first-order chi connectivity index (χ1) is 17.1. The van der Waals surface area contributed by atoms with Gasteiger partial charge < -0.3 is 9.84 Å². The Kier molecular flexibility index (Phi) is 7.23. The molecule has 0 aliphatic carbocycles. The van der Waals surface area contributed by atoms with Crippen LogP contribution in [-0.4, -0.2) is 42.1 Å². The third-order valence-electron chi connectivity index (χ3n) is 6.13. The number of ether oxygens (including phenoxy) is 1. The van der Waals surface area contributed by atoms with E-state index in [-0.39, 0.29) is 24.7 Å². The van der Waals surface area contributed by atoms with Gasteiger partial charge in [-0.3, -0.25) is 14.2 Å². The molecule has 0 saturated heterocycles. The Morgan fingerprint density at radius 2 is 1.81 bits per heavy atom. The summed E-state index contributed by atoms with van der Waals surface area (Å²) in [6, 6.07) is 6.03. The Balaban J connectivity index is 1.96. The largest absolute Gasteiger partial charge is 0.496 e. The van der Waals surface area contributed by atoms with Crippen molar-refractivity contribution < 1.29 is 14.6 Å². The van der Waals surface area contributed by atoms with Gasteiger partial charge in [0.15, 0.2) is 5.78 Å². The maximum atomic E-state index is 13.8. The Labute approximate surface area is 211 Å². The van der Waals surface area contributed by atoms with Gasteiger partial charge in [0.25, 0.3) is 5.56 Å². The SMILES string of the molecule is COc1ccccc1[C@@H](O)Cn1c(=O)n([C@@H](C)C(=O)CC(C)C)c(=O)c2c(C)c(-n3nccn3)sc21. The number of benzene rings is 1. The Morgan fingerprint density at radius 1 is 1.14 bits per heavy atom. The quantitative estimate of drug-likeness (QED) is 0.367. The number of para-hydroxylation sites is 1. The Morgan fingerprint density at radius 3 is 2.44 bits per heavy atom. The maximum absolute atomic E-state index is 13.8. The summed E-state index contributed by atoms with van der Waals surface area (Å²) in [5, 5.41) is 20.4. The average molecular weight is 512 g/mol. The van der Waals surface area contributed by atoms with Crippen LogP contribution in [0.5, 0.6) is 5.75 Å². The number of hydrogen-bond acceptors (Lipinski definition) is 8. The minimum Gasteiger partial charge on any atom is -0.496 e. The number of aliphatic hydroxyl groups excluding tert-OH is 1. The summed E-state index contributed by atoms with van der Waals surface area (Å²) >= 11 is 1.18. The fraction of sp³-hybridized carbons (Fsp3) is 0.400. The van der Waals surface area contributed by atoms with E-state index >= 15 is 0 Å². The standard InChI is InChI=1S/C25H29N5O5S/c1-14(2)12-18(31)16(4)29-22(33)21-15(3)23(30-26-10-11-27-30)36-24(21)28(25(29)34)13-19(32)17-8-6-7-9-20(17)35-5/h6-11,14,16,19,32H,12-13H2,1-5H3/t16-,19-/m0/s1. The molecule has 0 aliphatic rings. The van der Waals surface area contributed by atoms with Gasteiger partial charge in [-0.25, -0.2) is 9.36 Å². The third kappa shape index (κ3) is 4.51. The predicted molar refractivity (Wildman–Crippen MR) is 137 cm³/mol. The molecule has 1 N–H and O–H groups in total. The van der Waals surface area contributed by atoms with Crippen molar-refractivity contribution in [2.75, 3.05) is 7.11 Å². The van der Waals surface area contributed by atoms with Crippen LogP contribution in [0.4, 0.5) is 0 Å². The molecule has 36 heavy (non-hydrogen) atoms. The molecule has 0 radical (unpaired) electrons. The smallest absolute Gasteiger partial charge is 0.332 e. The number of hydrogen-bond donors (Lipinski definition) is 1. The minimum atomic E-state index is -1.11. The molecule has 3 aromatic heterocycles. The molecule has 10 nitrogen and oxygen atoms in total. The zero-order valence-corrected chi connectivity index (χ0v) is 21.7. The number of methoxy groups -OCH3 is 1. The molecule has 4 rings (SSSR count). The molecule has 0 saturated carbocycles. The second-order valence-electron chi connectivity index (χ2n) is 9.10. The van der Waals surface area contributed by atoms with Crippen molar-refractivity contribution in [2.45, 2.75) is 52.8 Å². The highest BCUT2D eigenvalue weighted by molar-refractivity contribution is 7.21. The van der Waals surface area contributed by atoms with E-state index in [1.807, 2.05) is 13.8 Å². The van der Waals surface area contributed by atoms with Crippen LogP contribution in [0.15, 0.2) is 46.2 Å². The first-order valence-electron chi connectivity index (χ1n) is 11.6. The van der Waals surface area contributed by atoms with Crippen molar-refractivity contribution in [1.82, 2.24) is 24.1 Å². The Bertz CT molecular complexity index is 1520. The number of thiophene rings is 1. The second kappa shape index (κ2) is 10.2. The van der Waals surface area contributed by atoms with Crippen LogP contribution in [0, 0.1) is 12.8 Å². The van der Waals surface area contributed by atoms with E-state index in [9.17, 15) is 19.5 Å². The molecule has 4 aromatic rings. The summed E-state index contributed by atoms with van der Waals surface area (Å²) in [4.78, 5) is 42.1. The van der Waals surface area contributed by atoms with Crippen molar-refractivity contribution in [1.29, 1.82) is 0 Å². The summed E-state index contributed by atoms with van der Waals surface area (Å²) in [5.74, 6) is 0.350. The molecule has 0 aliphatic heterocycles. The number of fused-ring (bicyclic) bond motifs is 1. The van der Waals surface area contributed by atoms with Crippen molar-refractivity contribution in [2.24, 2.45) is 5.92 Å². The van der Waals surface area contributed by atoms with Gasteiger partial charge in [0, 0.05) is 17.5 Å². The van der Waals surface area contributed by atoms with Crippen LogP contribution in [0.3, 0.4) is 0 Å². The van der Waals surface area contributed by atoms with Gasteiger partial charge in [-0.15, -0.1) is 4.80 Å². The molecule has 0 fully saturated rings. The van der Waals surface area contributed by atoms with Gasteiger partial charge in [0.1, 0.15) is 21.7 Å². The zero-order valence-electron chi connectivity index (χ0n) is 20.8. The number of rotatable bonds is 9. The minimum absolute atomic E-state index is 0.0781. The number of carbonyl (C=O) groups excluding carboxylic acids is 1. The lowest BCUT2D eigenvalue weighted by atomic mass is 10.0. The summed E-state index contributed by atoms with van der Waals surface area (Å²) in [5.41, 5.74) is -0.111. The highest BCUT2D eigenvalue weighted by atomic mass is 32.1. The number of Topliss-reactive ketones (excluding diaryl/α,β-unsaturated/α-hetero) is 1. The van der Waals surface area contributed by atoms with Crippen molar-refractivity contribution in [3.05, 3.63) is 68.6 Å². The molecule has 0 unspecified atom stereocenters. The number of nitrogens with zero attached hydrogens (tertiary/aromatic N) is 5. The van der Waals surface area contributed by atoms with Gasteiger partial charge in [0.05, 0.1) is 37.5 Å². The molecule has 3 heterocycles.